The van der Waals surface area contributed by atoms with Crippen molar-refractivity contribution in [1.82, 2.24) is 15.1 Å². The highest BCUT2D eigenvalue weighted by atomic mass is 32.2. The van der Waals surface area contributed by atoms with Gasteiger partial charge in [0.15, 0.2) is 0 Å². The van der Waals surface area contributed by atoms with Gasteiger partial charge >= 0.3 is 6.09 Å². The lowest BCUT2D eigenvalue weighted by Crippen LogP contribution is -2.39. The highest BCUT2D eigenvalue weighted by molar-refractivity contribution is 7.89. The molecule has 10 nitrogen and oxygen atoms in total. The number of nitrogens with one attached hydrogen (secondary N) is 2. The van der Waals surface area contributed by atoms with Gasteiger partial charge in [-0.1, -0.05) is 67.6 Å². The van der Waals surface area contributed by atoms with Crippen molar-refractivity contribution in [2.45, 2.75) is 50.2 Å². The summed E-state index contributed by atoms with van der Waals surface area (Å²) in [7, 11) is -1.85. The summed E-state index contributed by atoms with van der Waals surface area (Å²) < 4.78 is 29.5. The van der Waals surface area contributed by atoms with Crippen LogP contribution in [0.25, 0.3) is 11.1 Å². The Bertz CT molecular complexity index is 1550. The van der Waals surface area contributed by atoms with E-state index in [9.17, 15) is 18.0 Å². The van der Waals surface area contributed by atoms with Crippen LogP contribution in [-0.2, 0) is 32.5 Å². The van der Waals surface area contributed by atoms with Gasteiger partial charge in [-0.2, -0.15) is 0 Å². The fraction of sp³-hybridized carbons (Fsp3) is 0.344. The predicted octanol–water partition coefficient (Wildman–Crippen LogP) is 4.13. The van der Waals surface area contributed by atoms with E-state index in [2.05, 4.69) is 10.2 Å². The van der Waals surface area contributed by atoms with Crippen LogP contribution in [0, 0.1) is 5.41 Å². The molecule has 43 heavy (non-hydrogen) atoms. The van der Waals surface area contributed by atoms with Gasteiger partial charge in [0.2, 0.25) is 15.9 Å². The highest BCUT2D eigenvalue weighted by Gasteiger charge is 2.21. The van der Waals surface area contributed by atoms with Gasteiger partial charge in [-0.15, -0.1) is 0 Å². The number of piperidine rings is 1. The number of amidine groups is 1. The first kappa shape index (κ1) is 31.9. The molecule has 11 heteroatoms. The van der Waals surface area contributed by atoms with Crippen molar-refractivity contribution in [2.75, 3.05) is 26.7 Å². The number of nitrogens with two attached hydrogens (primary N) is 1. The maximum Gasteiger partial charge on any atom is 0.413 e. The van der Waals surface area contributed by atoms with E-state index >= 15 is 0 Å². The number of amides is 2. The van der Waals surface area contributed by atoms with E-state index in [1.54, 1.807) is 53.4 Å². The van der Waals surface area contributed by atoms with Crippen LogP contribution in [0.1, 0.15) is 42.9 Å². The zero-order valence-corrected chi connectivity index (χ0v) is 25.4. The molecule has 2 amide bonds. The van der Waals surface area contributed by atoms with Crippen LogP contribution >= 0.6 is 0 Å². The second kappa shape index (κ2) is 14.4. The topological polar surface area (TPSA) is 146 Å². The average Bonchev–Trinajstić information content (AvgIpc) is 2.98. The van der Waals surface area contributed by atoms with Crippen LogP contribution < -0.4 is 10.5 Å². The van der Waals surface area contributed by atoms with E-state index in [1.165, 1.54) is 6.07 Å². The van der Waals surface area contributed by atoms with Crippen LogP contribution in [0.5, 0.6) is 0 Å². The maximum atomic E-state index is 13.3. The molecule has 4 rings (SSSR count). The first-order chi connectivity index (χ1) is 20.5. The molecule has 1 fully saturated rings. The number of hydrogen-bond acceptors (Lipinski definition) is 7. The standard InChI is InChI=1S/C32H39N5O5S/c1-3-17-37(30(38)21-23-11-13-25(14-12-23)28-9-4-5-10-29(28)43(34,40)41)22-24-7-6-8-26(20-24)31(33)35-32(39)42-27-15-18-36(2)19-16-27/h4-14,20,27H,3,15-19,21-22H2,1-2H3,(H2,33,35,39)(H2,34,40,41). The number of sulfonamides is 1. The summed E-state index contributed by atoms with van der Waals surface area (Å²) in [4.78, 5) is 29.7. The minimum absolute atomic E-state index is 0.0487. The molecular weight excluding hydrogens is 566 g/mol. The minimum atomic E-state index is -3.88. The number of alkyl carbamates (subject to hydrolysis) is 1. The molecular formula is C32H39N5O5S. The number of nitrogens with zero attached hydrogens (tertiary/aromatic N) is 2. The molecule has 228 valence electrons. The van der Waals surface area contributed by atoms with Gasteiger partial charge < -0.3 is 14.5 Å². The van der Waals surface area contributed by atoms with Crippen LogP contribution in [0.2, 0.25) is 0 Å². The number of benzene rings is 3. The highest BCUT2D eigenvalue weighted by Crippen LogP contribution is 2.27. The Morgan fingerprint density at radius 2 is 1.72 bits per heavy atom. The molecule has 0 unspecified atom stereocenters. The molecule has 3 aromatic rings. The molecule has 1 saturated heterocycles. The molecule has 0 spiro atoms. The molecule has 1 heterocycles. The van der Waals surface area contributed by atoms with E-state index in [0.29, 0.717) is 29.8 Å². The monoisotopic (exact) mass is 605 g/mol. The molecule has 0 radical (unpaired) electrons. The van der Waals surface area contributed by atoms with Gasteiger partial charge in [0.05, 0.1) is 11.3 Å². The van der Waals surface area contributed by atoms with Crippen LogP contribution in [0.4, 0.5) is 4.79 Å². The fourth-order valence-corrected chi connectivity index (χ4v) is 5.87. The third kappa shape index (κ3) is 8.96. The Morgan fingerprint density at radius 3 is 2.40 bits per heavy atom. The number of ether oxygens (including phenoxy) is 1. The number of primary sulfonamides is 1. The van der Waals surface area contributed by atoms with Gasteiger partial charge in [0.1, 0.15) is 11.9 Å². The summed E-state index contributed by atoms with van der Waals surface area (Å²) in [6.07, 6.45) is 1.70. The van der Waals surface area contributed by atoms with Gasteiger partial charge in [-0.05, 0) is 55.1 Å². The fourth-order valence-electron chi connectivity index (χ4n) is 5.11. The van der Waals surface area contributed by atoms with E-state index in [-0.39, 0.29) is 29.2 Å². The number of hydrogen-bond donors (Lipinski definition) is 3. The first-order valence-corrected chi connectivity index (χ1v) is 15.9. The van der Waals surface area contributed by atoms with Crippen molar-refractivity contribution >= 4 is 27.9 Å². The van der Waals surface area contributed by atoms with E-state index in [1.807, 2.05) is 32.2 Å². The molecule has 0 aliphatic carbocycles. The Morgan fingerprint density at radius 1 is 1.02 bits per heavy atom. The Hall–Kier alpha value is -4.06. The molecule has 0 aromatic heterocycles. The van der Waals surface area contributed by atoms with Crippen LogP contribution in [0.15, 0.2) is 77.7 Å². The zero-order valence-electron chi connectivity index (χ0n) is 24.6. The third-order valence-corrected chi connectivity index (χ3v) is 8.38. The van der Waals surface area contributed by atoms with Gasteiger partial charge in [0.25, 0.3) is 0 Å². The van der Waals surface area contributed by atoms with Crippen molar-refractivity contribution in [3.8, 4) is 11.1 Å². The van der Waals surface area contributed by atoms with E-state index in [0.717, 1.165) is 43.5 Å². The Labute approximate surface area is 253 Å². The molecule has 0 saturated carbocycles. The Balaban J connectivity index is 1.38. The largest absolute Gasteiger partial charge is 0.446 e. The lowest BCUT2D eigenvalue weighted by Gasteiger charge is -2.28. The number of carbonyl (C=O) groups is 2. The Kier molecular flexibility index (Phi) is 10.7. The minimum Gasteiger partial charge on any atom is -0.446 e. The number of likely N-dealkylation sites (tertiary alicyclic amines) is 1. The summed E-state index contributed by atoms with van der Waals surface area (Å²) in [5.41, 5.74) is 3.35. The lowest BCUT2D eigenvalue weighted by atomic mass is 10.0. The molecule has 4 N–H and O–H groups in total. The van der Waals surface area contributed by atoms with Gasteiger partial charge in [-0.25, -0.2) is 18.4 Å². The van der Waals surface area contributed by atoms with E-state index < -0.39 is 16.1 Å². The molecule has 3 aromatic carbocycles. The van der Waals surface area contributed by atoms with E-state index in [4.69, 9.17) is 15.3 Å². The SMILES string of the molecule is CCCN(Cc1cccc(C(=N)NC(=O)OC2CCN(C)CC2)c1)C(=O)Cc1ccc(-c2ccccc2S(N)(=O)=O)cc1. The van der Waals surface area contributed by atoms with Crippen molar-refractivity contribution in [3.63, 3.8) is 0 Å². The molecule has 1 aliphatic rings. The number of rotatable bonds is 10. The van der Waals surface area contributed by atoms with Crippen molar-refractivity contribution < 1.29 is 22.7 Å². The van der Waals surface area contributed by atoms with Crippen molar-refractivity contribution in [3.05, 3.63) is 89.5 Å². The summed E-state index contributed by atoms with van der Waals surface area (Å²) in [5, 5.41) is 16.3. The van der Waals surface area contributed by atoms with Gasteiger partial charge in [-0.3, -0.25) is 15.5 Å². The maximum absolute atomic E-state index is 13.3. The predicted molar refractivity (Wildman–Crippen MR) is 166 cm³/mol. The molecule has 0 atom stereocenters. The summed E-state index contributed by atoms with van der Waals surface area (Å²) in [6.45, 7) is 4.65. The zero-order chi connectivity index (χ0) is 31.0. The third-order valence-electron chi connectivity index (χ3n) is 7.42. The van der Waals surface area contributed by atoms with Crippen molar-refractivity contribution in [1.29, 1.82) is 5.41 Å². The molecule has 0 bridgehead atoms. The smallest absolute Gasteiger partial charge is 0.413 e. The molecule has 1 aliphatic heterocycles. The second-order valence-corrected chi connectivity index (χ2v) is 12.4. The van der Waals surface area contributed by atoms with Gasteiger partial charge in [0, 0.05) is 37.3 Å². The summed E-state index contributed by atoms with van der Waals surface area (Å²) >= 11 is 0. The first-order valence-electron chi connectivity index (χ1n) is 14.4. The quantitative estimate of drug-likeness (QED) is 0.234. The normalized spacial score (nSPS) is 14.2. The van der Waals surface area contributed by atoms with Crippen molar-refractivity contribution in [2.24, 2.45) is 5.14 Å². The average molecular weight is 606 g/mol. The summed E-state index contributed by atoms with van der Waals surface area (Å²) in [6, 6.07) is 21.0. The van der Waals surface area contributed by atoms with Crippen LogP contribution in [0.3, 0.4) is 0 Å². The lowest BCUT2D eigenvalue weighted by molar-refractivity contribution is -0.131. The second-order valence-electron chi connectivity index (χ2n) is 10.8. The van der Waals surface area contributed by atoms with Crippen LogP contribution in [-0.4, -0.2) is 68.8 Å². The summed E-state index contributed by atoms with van der Waals surface area (Å²) in [5.74, 6) is -0.114. The number of carbonyl (C=O) groups excluding carboxylic acids is 2.